The standard InChI is InChI=1S/C12H17N3O4/c1-7-4-8(15(3)14-7)10(16)13-9-5-19-6-12(9,2)11(17)18/h4,9H,5-6H2,1-3H3,(H,13,16)(H,17,18). The molecule has 1 amide bonds. The molecule has 104 valence electrons. The quantitative estimate of drug-likeness (QED) is 0.800. The van der Waals surface area contributed by atoms with Gasteiger partial charge in [0.1, 0.15) is 11.1 Å². The van der Waals surface area contributed by atoms with E-state index >= 15 is 0 Å². The first-order valence-electron chi connectivity index (χ1n) is 5.97. The third-order valence-corrected chi connectivity index (χ3v) is 3.48. The van der Waals surface area contributed by atoms with Crippen molar-refractivity contribution in [1.82, 2.24) is 15.1 Å². The number of nitrogens with zero attached hydrogens (tertiary/aromatic N) is 2. The summed E-state index contributed by atoms with van der Waals surface area (Å²) in [5, 5.41) is 16.0. The molecule has 0 aliphatic carbocycles. The Balaban J connectivity index is 2.15. The Kier molecular flexibility index (Phi) is 3.32. The van der Waals surface area contributed by atoms with E-state index < -0.39 is 17.4 Å². The van der Waals surface area contributed by atoms with Crippen LogP contribution in [0, 0.1) is 12.3 Å². The molecule has 0 aromatic carbocycles. The molecule has 19 heavy (non-hydrogen) atoms. The van der Waals surface area contributed by atoms with Crippen LogP contribution in [0.15, 0.2) is 6.07 Å². The Morgan fingerprint density at radius 3 is 2.84 bits per heavy atom. The van der Waals surface area contributed by atoms with Gasteiger partial charge in [-0.15, -0.1) is 0 Å². The molecule has 0 radical (unpaired) electrons. The van der Waals surface area contributed by atoms with Crippen LogP contribution in [-0.2, 0) is 16.6 Å². The number of carbonyl (C=O) groups is 2. The Morgan fingerprint density at radius 1 is 1.63 bits per heavy atom. The second-order valence-corrected chi connectivity index (χ2v) is 5.06. The van der Waals surface area contributed by atoms with Gasteiger partial charge in [-0.05, 0) is 19.9 Å². The van der Waals surface area contributed by atoms with Crippen LogP contribution in [0.5, 0.6) is 0 Å². The molecule has 0 spiro atoms. The summed E-state index contributed by atoms with van der Waals surface area (Å²) in [4.78, 5) is 23.4. The van der Waals surface area contributed by atoms with Gasteiger partial charge in [-0.3, -0.25) is 14.3 Å². The summed E-state index contributed by atoms with van der Waals surface area (Å²) in [5.41, 5.74) is 0.0389. The molecule has 0 bridgehead atoms. The summed E-state index contributed by atoms with van der Waals surface area (Å²) in [7, 11) is 1.67. The number of nitrogens with one attached hydrogen (secondary N) is 1. The van der Waals surface area contributed by atoms with Crippen molar-refractivity contribution in [2.24, 2.45) is 12.5 Å². The lowest BCUT2D eigenvalue weighted by atomic mass is 9.85. The number of aliphatic carboxylic acids is 1. The average molecular weight is 267 g/mol. The topological polar surface area (TPSA) is 93.5 Å². The first-order chi connectivity index (χ1) is 8.84. The van der Waals surface area contributed by atoms with Gasteiger partial charge in [0.05, 0.1) is 24.9 Å². The molecule has 0 saturated carbocycles. The highest BCUT2D eigenvalue weighted by Gasteiger charge is 2.47. The fraction of sp³-hybridized carbons (Fsp3) is 0.583. The SMILES string of the molecule is Cc1cc(C(=O)NC2COCC2(C)C(=O)O)n(C)n1. The molecular formula is C12H17N3O4. The van der Waals surface area contributed by atoms with E-state index in [1.54, 1.807) is 27.0 Å². The van der Waals surface area contributed by atoms with Gasteiger partial charge >= 0.3 is 5.97 Å². The third kappa shape index (κ3) is 2.33. The Bertz CT molecular complexity index is 525. The van der Waals surface area contributed by atoms with Crippen molar-refractivity contribution in [1.29, 1.82) is 0 Å². The van der Waals surface area contributed by atoms with Gasteiger partial charge in [0, 0.05) is 7.05 Å². The van der Waals surface area contributed by atoms with Gasteiger partial charge in [-0.1, -0.05) is 0 Å². The maximum Gasteiger partial charge on any atom is 0.313 e. The van der Waals surface area contributed by atoms with Crippen molar-refractivity contribution in [2.45, 2.75) is 19.9 Å². The molecule has 1 aromatic rings. The van der Waals surface area contributed by atoms with Crippen LogP contribution in [0.2, 0.25) is 0 Å². The fourth-order valence-electron chi connectivity index (χ4n) is 2.14. The summed E-state index contributed by atoms with van der Waals surface area (Å²) < 4.78 is 6.66. The normalized spacial score (nSPS) is 26.4. The zero-order chi connectivity index (χ0) is 14.2. The smallest absolute Gasteiger partial charge is 0.313 e. The van der Waals surface area contributed by atoms with E-state index in [1.807, 2.05) is 0 Å². The van der Waals surface area contributed by atoms with Gasteiger partial charge < -0.3 is 15.2 Å². The Morgan fingerprint density at radius 2 is 2.32 bits per heavy atom. The van der Waals surface area contributed by atoms with Gasteiger partial charge in [0.15, 0.2) is 0 Å². The van der Waals surface area contributed by atoms with E-state index in [0.29, 0.717) is 5.69 Å². The second kappa shape index (κ2) is 4.65. The Labute approximate surface area is 110 Å². The molecule has 1 saturated heterocycles. The molecule has 2 heterocycles. The maximum absolute atomic E-state index is 12.1. The van der Waals surface area contributed by atoms with E-state index in [0.717, 1.165) is 5.69 Å². The molecule has 1 aliphatic heterocycles. The average Bonchev–Trinajstić information content (AvgIpc) is 2.84. The number of aryl methyl sites for hydroxylation is 2. The molecular weight excluding hydrogens is 250 g/mol. The van der Waals surface area contributed by atoms with Crippen molar-refractivity contribution in [3.8, 4) is 0 Å². The zero-order valence-corrected chi connectivity index (χ0v) is 11.1. The van der Waals surface area contributed by atoms with E-state index in [2.05, 4.69) is 10.4 Å². The first-order valence-corrected chi connectivity index (χ1v) is 5.97. The molecule has 2 atom stereocenters. The predicted octanol–water partition coefficient (Wildman–Crippen LogP) is -0.0520. The van der Waals surface area contributed by atoms with Crippen LogP contribution in [0.4, 0.5) is 0 Å². The molecule has 1 aliphatic rings. The van der Waals surface area contributed by atoms with Crippen molar-refractivity contribution in [2.75, 3.05) is 13.2 Å². The number of carbonyl (C=O) groups excluding carboxylic acids is 1. The van der Waals surface area contributed by atoms with Gasteiger partial charge in [-0.25, -0.2) is 0 Å². The summed E-state index contributed by atoms with van der Waals surface area (Å²) >= 11 is 0. The molecule has 2 rings (SSSR count). The minimum atomic E-state index is -1.09. The third-order valence-electron chi connectivity index (χ3n) is 3.48. The number of ether oxygens (including phenoxy) is 1. The number of aromatic nitrogens is 2. The summed E-state index contributed by atoms with van der Waals surface area (Å²) in [6, 6.07) is 1.11. The number of hydrogen-bond donors (Lipinski definition) is 2. The second-order valence-electron chi connectivity index (χ2n) is 5.06. The van der Waals surface area contributed by atoms with Crippen LogP contribution in [0.25, 0.3) is 0 Å². The largest absolute Gasteiger partial charge is 0.481 e. The predicted molar refractivity (Wildman–Crippen MR) is 65.8 cm³/mol. The molecule has 2 N–H and O–H groups in total. The lowest BCUT2D eigenvalue weighted by Crippen LogP contribution is -2.50. The fourth-order valence-corrected chi connectivity index (χ4v) is 2.14. The molecule has 7 heteroatoms. The van der Waals surface area contributed by atoms with Crippen molar-refractivity contribution in [3.05, 3.63) is 17.5 Å². The zero-order valence-electron chi connectivity index (χ0n) is 11.1. The van der Waals surface area contributed by atoms with Crippen molar-refractivity contribution < 1.29 is 19.4 Å². The van der Waals surface area contributed by atoms with E-state index in [4.69, 9.17) is 4.74 Å². The highest BCUT2D eigenvalue weighted by molar-refractivity contribution is 5.93. The van der Waals surface area contributed by atoms with Gasteiger partial charge in [0.2, 0.25) is 0 Å². The number of rotatable bonds is 3. The minimum absolute atomic E-state index is 0.0949. The molecule has 2 unspecified atom stereocenters. The van der Waals surface area contributed by atoms with E-state index in [9.17, 15) is 14.7 Å². The number of hydrogen-bond acceptors (Lipinski definition) is 4. The van der Waals surface area contributed by atoms with E-state index in [1.165, 1.54) is 4.68 Å². The summed E-state index contributed by atoms with van der Waals surface area (Å²) in [5.74, 6) is -1.32. The monoisotopic (exact) mass is 267 g/mol. The summed E-state index contributed by atoms with van der Waals surface area (Å²) in [6.45, 7) is 3.65. The summed E-state index contributed by atoms with van der Waals surface area (Å²) in [6.07, 6.45) is 0. The van der Waals surface area contributed by atoms with Crippen LogP contribution >= 0.6 is 0 Å². The first kappa shape index (κ1) is 13.5. The van der Waals surface area contributed by atoms with Crippen molar-refractivity contribution in [3.63, 3.8) is 0 Å². The Hall–Kier alpha value is -1.89. The number of amides is 1. The number of carboxylic acids is 1. The van der Waals surface area contributed by atoms with Crippen molar-refractivity contribution >= 4 is 11.9 Å². The molecule has 1 aromatic heterocycles. The van der Waals surface area contributed by atoms with Gasteiger partial charge in [-0.2, -0.15) is 5.10 Å². The van der Waals surface area contributed by atoms with Gasteiger partial charge in [0.25, 0.3) is 5.91 Å². The van der Waals surface area contributed by atoms with E-state index in [-0.39, 0.29) is 19.1 Å². The number of carboxylic acid groups (broad SMARTS) is 1. The minimum Gasteiger partial charge on any atom is -0.481 e. The van der Waals surface area contributed by atoms with Crippen LogP contribution in [0.1, 0.15) is 23.1 Å². The maximum atomic E-state index is 12.1. The van der Waals surface area contributed by atoms with Crippen LogP contribution in [-0.4, -0.2) is 46.0 Å². The molecule has 7 nitrogen and oxygen atoms in total. The van der Waals surface area contributed by atoms with Crippen LogP contribution in [0.3, 0.4) is 0 Å². The lowest BCUT2D eigenvalue weighted by Gasteiger charge is -2.25. The highest BCUT2D eigenvalue weighted by atomic mass is 16.5. The molecule has 1 fully saturated rings. The van der Waals surface area contributed by atoms with Crippen LogP contribution < -0.4 is 5.32 Å². The highest BCUT2D eigenvalue weighted by Crippen LogP contribution is 2.28. The lowest BCUT2D eigenvalue weighted by molar-refractivity contribution is -0.148.